The molecule has 1 aromatic heterocycles. The van der Waals surface area contributed by atoms with Gasteiger partial charge in [-0.2, -0.15) is 0 Å². The standard InChI is InChI=1S/C23H32N6O2/c1-4-24-23(30)25-18-8-6-17(7-9-18)21-26-20-14-28(5-2)11-10-19(20)22(27-21)29-12-13-31-15-16(29)3/h6-9,16H,4-5,10-15H2,1-3H3,(H2,24,25,30). The van der Waals surface area contributed by atoms with Gasteiger partial charge in [-0.15, -0.1) is 0 Å². The minimum Gasteiger partial charge on any atom is -0.377 e. The van der Waals surface area contributed by atoms with Gasteiger partial charge in [0.15, 0.2) is 5.82 Å². The smallest absolute Gasteiger partial charge is 0.319 e. The maximum atomic E-state index is 11.8. The fourth-order valence-corrected chi connectivity index (χ4v) is 4.18. The van der Waals surface area contributed by atoms with Crippen molar-refractivity contribution in [2.45, 2.75) is 39.8 Å². The van der Waals surface area contributed by atoms with Crippen LogP contribution in [0.5, 0.6) is 0 Å². The second-order valence-corrected chi connectivity index (χ2v) is 8.09. The third kappa shape index (κ3) is 4.80. The summed E-state index contributed by atoms with van der Waals surface area (Å²) < 4.78 is 5.66. The monoisotopic (exact) mass is 424 g/mol. The Hall–Kier alpha value is -2.71. The van der Waals surface area contributed by atoms with Crippen LogP contribution in [-0.4, -0.2) is 66.3 Å². The molecule has 4 rings (SSSR count). The molecular weight excluding hydrogens is 392 g/mol. The van der Waals surface area contributed by atoms with Crippen LogP contribution >= 0.6 is 0 Å². The number of carbonyl (C=O) groups excluding carboxylic acids is 1. The van der Waals surface area contributed by atoms with E-state index in [4.69, 9.17) is 14.7 Å². The number of hydrogen-bond acceptors (Lipinski definition) is 6. The first-order chi connectivity index (χ1) is 15.1. The predicted molar refractivity (Wildman–Crippen MR) is 122 cm³/mol. The van der Waals surface area contributed by atoms with E-state index in [0.29, 0.717) is 6.54 Å². The Morgan fingerprint density at radius 2 is 2.00 bits per heavy atom. The molecule has 31 heavy (non-hydrogen) atoms. The van der Waals surface area contributed by atoms with Gasteiger partial charge in [0.1, 0.15) is 5.82 Å². The number of anilines is 2. The van der Waals surface area contributed by atoms with Crippen molar-refractivity contribution in [1.82, 2.24) is 20.2 Å². The third-order valence-electron chi connectivity index (χ3n) is 5.95. The van der Waals surface area contributed by atoms with Gasteiger partial charge in [0, 0.05) is 43.0 Å². The summed E-state index contributed by atoms with van der Waals surface area (Å²) in [7, 11) is 0. The van der Waals surface area contributed by atoms with Crippen LogP contribution < -0.4 is 15.5 Å². The highest BCUT2D eigenvalue weighted by Crippen LogP contribution is 2.31. The molecule has 1 fully saturated rings. The van der Waals surface area contributed by atoms with E-state index in [1.807, 2.05) is 31.2 Å². The quantitative estimate of drug-likeness (QED) is 0.768. The van der Waals surface area contributed by atoms with Crippen LogP contribution in [0.4, 0.5) is 16.3 Å². The first kappa shape index (κ1) is 21.5. The average molecular weight is 425 g/mol. The van der Waals surface area contributed by atoms with E-state index in [1.165, 1.54) is 5.56 Å². The van der Waals surface area contributed by atoms with E-state index in [2.05, 4.69) is 34.3 Å². The lowest BCUT2D eigenvalue weighted by molar-refractivity contribution is 0.0983. The minimum absolute atomic E-state index is 0.205. The number of amides is 2. The number of carbonyl (C=O) groups is 1. The van der Waals surface area contributed by atoms with E-state index in [9.17, 15) is 4.79 Å². The summed E-state index contributed by atoms with van der Waals surface area (Å²) >= 11 is 0. The molecule has 2 N–H and O–H groups in total. The lowest BCUT2D eigenvalue weighted by Crippen LogP contribution is -2.45. The molecule has 1 unspecified atom stereocenters. The van der Waals surface area contributed by atoms with Crippen LogP contribution in [0.25, 0.3) is 11.4 Å². The number of urea groups is 1. The highest BCUT2D eigenvalue weighted by atomic mass is 16.5. The van der Waals surface area contributed by atoms with Crippen molar-refractivity contribution in [3.63, 3.8) is 0 Å². The maximum Gasteiger partial charge on any atom is 0.319 e. The van der Waals surface area contributed by atoms with Crippen LogP contribution in [0, 0.1) is 0 Å². The van der Waals surface area contributed by atoms with Gasteiger partial charge in [-0.1, -0.05) is 6.92 Å². The van der Waals surface area contributed by atoms with Crippen LogP contribution in [0.15, 0.2) is 24.3 Å². The molecular formula is C23H32N6O2. The normalized spacial score (nSPS) is 19.1. The van der Waals surface area contributed by atoms with Crippen molar-refractivity contribution in [3.8, 4) is 11.4 Å². The van der Waals surface area contributed by atoms with Gasteiger partial charge in [-0.25, -0.2) is 14.8 Å². The molecule has 3 heterocycles. The number of likely N-dealkylation sites (N-methyl/N-ethyl adjacent to an activating group) is 1. The van der Waals surface area contributed by atoms with Crippen molar-refractivity contribution in [2.75, 3.05) is 49.6 Å². The van der Waals surface area contributed by atoms with E-state index in [1.54, 1.807) is 0 Å². The van der Waals surface area contributed by atoms with Gasteiger partial charge >= 0.3 is 6.03 Å². The zero-order valence-corrected chi connectivity index (χ0v) is 18.6. The SMILES string of the molecule is CCNC(=O)Nc1ccc(-c2nc3c(c(N4CCOCC4C)n2)CCN(CC)C3)cc1. The van der Waals surface area contributed by atoms with Crippen molar-refractivity contribution < 1.29 is 9.53 Å². The maximum absolute atomic E-state index is 11.8. The number of hydrogen-bond donors (Lipinski definition) is 2. The Balaban J connectivity index is 1.67. The van der Waals surface area contributed by atoms with Crippen LogP contribution in [-0.2, 0) is 17.7 Å². The first-order valence-electron chi connectivity index (χ1n) is 11.2. The number of ether oxygens (including phenoxy) is 1. The number of morpholine rings is 1. The van der Waals surface area contributed by atoms with Crippen LogP contribution in [0.2, 0.25) is 0 Å². The van der Waals surface area contributed by atoms with Gasteiger partial charge < -0.3 is 20.3 Å². The van der Waals surface area contributed by atoms with E-state index in [-0.39, 0.29) is 12.1 Å². The molecule has 2 aliphatic heterocycles. The number of aromatic nitrogens is 2. The van der Waals surface area contributed by atoms with Gasteiger partial charge in [0.25, 0.3) is 0 Å². The predicted octanol–water partition coefficient (Wildman–Crippen LogP) is 2.89. The van der Waals surface area contributed by atoms with E-state index in [0.717, 1.165) is 74.4 Å². The molecule has 8 nitrogen and oxygen atoms in total. The van der Waals surface area contributed by atoms with Crippen molar-refractivity contribution in [3.05, 3.63) is 35.5 Å². The molecule has 1 aromatic carbocycles. The summed E-state index contributed by atoms with van der Waals surface area (Å²) in [6, 6.07) is 7.80. The average Bonchev–Trinajstić information content (AvgIpc) is 2.79. The number of rotatable bonds is 5. The number of nitrogens with one attached hydrogen (secondary N) is 2. The fraction of sp³-hybridized carbons (Fsp3) is 0.522. The molecule has 1 saturated heterocycles. The Morgan fingerprint density at radius 1 is 1.19 bits per heavy atom. The summed E-state index contributed by atoms with van der Waals surface area (Å²) in [6.45, 7) is 12.1. The summed E-state index contributed by atoms with van der Waals surface area (Å²) in [5.74, 6) is 1.78. The van der Waals surface area contributed by atoms with E-state index < -0.39 is 0 Å². The molecule has 166 valence electrons. The van der Waals surface area contributed by atoms with Crippen molar-refractivity contribution >= 4 is 17.5 Å². The summed E-state index contributed by atoms with van der Waals surface area (Å²) in [6.07, 6.45) is 0.970. The zero-order chi connectivity index (χ0) is 21.8. The lowest BCUT2D eigenvalue weighted by atomic mass is 10.0. The Morgan fingerprint density at radius 3 is 2.71 bits per heavy atom. The topological polar surface area (TPSA) is 82.6 Å². The summed E-state index contributed by atoms with van der Waals surface area (Å²) in [4.78, 5) is 26.6. The number of nitrogens with zero attached hydrogens (tertiary/aromatic N) is 4. The molecule has 0 saturated carbocycles. The molecule has 2 aliphatic rings. The van der Waals surface area contributed by atoms with Gasteiger partial charge in [0.2, 0.25) is 0 Å². The molecule has 0 aliphatic carbocycles. The van der Waals surface area contributed by atoms with Crippen molar-refractivity contribution in [1.29, 1.82) is 0 Å². The molecule has 1 atom stereocenters. The zero-order valence-electron chi connectivity index (χ0n) is 18.6. The second kappa shape index (κ2) is 9.62. The fourth-order valence-electron chi connectivity index (χ4n) is 4.18. The largest absolute Gasteiger partial charge is 0.377 e. The van der Waals surface area contributed by atoms with Crippen LogP contribution in [0.3, 0.4) is 0 Å². The summed E-state index contributed by atoms with van der Waals surface area (Å²) in [5, 5.41) is 5.57. The number of fused-ring (bicyclic) bond motifs is 1. The highest BCUT2D eigenvalue weighted by Gasteiger charge is 2.28. The Bertz CT molecular complexity index is 917. The molecule has 8 heteroatoms. The molecule has 0 radical (unpaired) electrons. The van der Waals surface area contributed by atoms with Gasteiger partial charge in [-0.05, 0) is 51.1 Å². The first-order valence-corrected chi connectivity index (χ1v) is 11.2. The minimum atomic E-state index is -0.205. The van der Waals surface area contributed by atoms with Crippen molar-refractivity contribution in [2.24, 2.45) is 0 Å². The Labute approximate surface area is 184 Å². The second-order valence-electron chi connectivity index (χ2n) is 8.09. The number of benzene rings is 1. The Kier molecular flexibility index (Phi) is 6.67. The van der Waals surface area contributed by atoms with E-state index >= 15 is 0 Å². The third-order valence-corrected chi connectivity index (χ3v) is 5.95. The van der Waals surface area contributed by atoms with Gasteiger partial charge in [-0.3, -0.25) is 4.90 Å². The van der Waals surface area contributed by atoms with Crippen LogP contribution in [0.1, 0.15) is 32.0 Å². The van der Waals surface area contributed by atoms with Gasteiger partial charge in [0.05, 0.1) is 24.9 Å². The molecule has 0 bridgehead atoms. The molecule has 0 spiro atoms. The molecule has 2 aromatic rings. The molecule has 2 amide bonds. The lowest BCUT2D eigenvalue weighted by Gasteiger charge is -2.37. The highest BCUT2D eigenvalue weighted by molar-refractivity contribution is 5.89. The summed E-state index contributed by atoms with van der Waals surface area (Å²) in [5.41, 5.74) is 4.08.